The van der Waals surface area contributed by atoms with Gasteiger partial charge in [-0.1, -0.05) is 20.8 Å². The van der Waals surface area contributed by atoms with Crippen LogP contribution in [0.4, 0.5) is 0 Å². The Balaban J connectivity index is 1.85. The van der Waals surface area contributed by atoms with E-state index in [-0.39, 0.29) is 17.0 Å². The number of rotatable bonds is 7. The van der Waals surface area contributed by atoms with E-state index in [4.69, 9.17) is 14.2 Å². The van der Waals surface area contributed by atoms with Crippen LogP contribution in [-0.4, -0.2) is 42.6 Å². The van der Waals surface area contributed by atoms with Gasteiger partial charge in [0.15, 0.2) is 5.43 Å². The highest BCUT2D eigenvalue weighted by Gasteiger charge is 2.35. The summed E-state index contributed by atoms with van der Waals surface area (Å²) in [5.74, 6) is 0.673. The maximum atomic E-state index is 12.6. The Hall–Kier alpha value is -2.80. The van der Waals surface area contributed by atoms with Gasteiger partial charge in [-0.3, -0.25) is 4.79 Å². The standard InChI is InChI=1S/C25H31NO6/c1-25(2,3)23-14-32-22-12-21(31-9-5-8-30-4)16(15-6-7-15)10-17(22)19-11-20(27)18(24(28)29)13-26(19)23/h10-13,15,23H,5-9,14H2,1-4H3,(H,28,29)/t23-/m0/s1. The SMILES string of the molecule is COCCCOc1cc2c(cc1C1CC1)-c1cc(=O)c(C(=O)O)cn1[C@H](C(C)(C)C)CO2. The van der Waals surface area contributed by atoms with Gasteiger partial charge in [0.2, 0.25) is 0 Å². The summed E-state index contributed by atoms with van der Waals surface area (Å²) in [7, 11) is 1.67. The number of pyridine rings is 1. The fourth-order valence-electron chi connectivity index (χ4n) is 4.22. The van der Waals surface area contributed by atoms with Crippen molar-refractivity contribution >= 4 is 5.97 Å². The van der Waals surface area contributed by atoms with E-state index in [1.165, 1.54) is 12.3 Å². The summed E-state index contributed by atoms with van der Waals surface area (Å²) in [4.78, 5) is 24.3. The van der Waals surface area contributed by atoms with E-state index in [2.05, 4.69) is 26.8 Å². The maximum absolute atomic E-state index is 12.6. The Labute approximate surface area is 187 Å². The molecule has 4 rings (SSSR count). The summed E-state index contributed by atoms with van der Waals surface area (Å²) in [6.45, 7) is 7.79. The van der Waals surface area contributed by atoms with Gasteiger partial charge in [0.25, 0.3) is 0 Å². The van der Waals surface area contributed by atoms with Gasteiger partial charge in [0, 0.05) is 44.0 Å². The minimum absolute atomic E-state index is 0.154. The number of hydrogen-bond donors (Lipinski definition) is 1. The molecule has 1 N–H and O–H groups in total. The number of ether oxygens (including phenoxy) is 3. The zero-order chi connectivity index (χ0) is 23.0. The molecule has 0 unspecified atom stereocenters. The summed E-state index contributed by atoms with van der Waals surface area (Å²) < 4.78 is 19.4. The lowest BCUT2D eigenvalue weighted by Gasteiger charge is -2.32. The highest BCUT2D eigenvalue weighted by molar-refractivity contribution is 5.88. The molecule has 2 aliphatic rings. The molecule has 1 fully saturated rings. The summed E-state index contributed by atoms with van der Waals surface area (Å²) >= 11 is 0. The van der Waals surface area contributed by atoms with Gasteiger partial charge in [-0.2, -0.15) is 0 Å². The van der Waals surface area contributed by atoms with Crippen LogP contribution in [0.15, 0.2) is 29.2 Å². The largest absolute Gasteiger partial charge is 0.493 e. The van der Waals surface area contributed by atoms with Gasteiger partial charge in [-0.05, 0) is 35.8 Å². The zero-order valence-electron chi connectivity index (χ0n) is 19.1. The second-order valence-electron chi connectivity index (χ2n) is 9.70. The van der Waals surface area contributed by atoms with Crippen LogP contribution >= 0.6 is 0 Å². The summed E-state index contributed by atoms with van der Waals surface area (Å²) in [5.41, 5.74) is 1.64. The van der Waals surface area contributed by atoms with Crippen LogP contribution in [0.2, 0.25) is 0 Å². The predicted molar refractivity (Wildman–Crippen MR) is 121 cm³/mol. The van der Waals surface area contributed by atoms with Crippen LogP contribution in [0.5, 0.6) is 11.5 Å². The first-order chi connectivity index (χ1) is 15.2. The van der Waals surface area contributed by atoms with Crippen molar-refractivity contribution in [3.63, 3.8) is 0 Å². The molecule has 2 heterocycles. The molecular weight excluding hydrogens is 410 g/mol. The second-order valence-corrected chi connectivity index (χ2v) is 9.70. The molecule has 7 nitrogen and oxygen atoms in total. The van der Waals surface area contributed by atoms with Crippen molar-refractivity contribution in [2.24, 2.45) is 5.41 Å². The van der Waals surface area contributed by atoms with Crippen LogP contribution in [0.3, 0.4) is 0 Å². The van der Waals surface area contributed by atoms with Gasteiger partial charge in [0.05, 0.1) is 18.3 Å². The molecule has 1 aliphatic carbocycles. The minimum Gasteiger partial charge on any atom is -0.493 e. The molecule has 32 heavy (non-hydrogen) atoms. The van der Waals surface area contributed by atoms with Gasteiger partial charge < -0.3 is 23.9 Å². The minimum atomic E-state index is -1.22. The molecule has 172 valence electrons. The summed E-state index contributed by atoms with van der Waals surface area (Å²) in [6, 6.07) is 5.28. The van der Waals surface area contributed by atoms with Crippen molar-refractivity contribution in [2.75, 3.05) is 26.9 Å². The second kappa shape index (κ2) is 8.62. The third kappa shape index (κ3) is 4.39. The van der Waals surface area contributed by atoms with E-state index >= 15 is 0 Å². The lowest BCUT2D eigenvalue weighted by molar-refractivity contribution is 0.0693. The third-order valence-corrected chi connectivity index (χ3v) is 6.20. The number of carboxylic acids is 1. The van der Waals surface area contributed by atoms with Crippen molar-refractivity contribution in [3.8, 4) is 22.8 Å². The molecule has 1 atom stereocenters. The highest BCUT2D eigenvalue weighted by Crippen LogP contribution is 2.49. The Morgan fingerprint density at radius 3 is 2.59 bits per heavy atom. The van der Waals surface area contributed by atoms with Gasteiger partial charge in [-0.25, -0.2) is 4.79 Å². The monoisotopic (exact) mass is 441 g/mol. The predicted octanol–water partition coefficient (Wildman–Crippen LogP) is 4.49. The molecule has 1 aromatic heterocycles. The first kappa shape index (κ1) is 22.4. The van der Waals surface area contributed by atoms with E-state index in [1.54, 1.807) is 7.11 Å². The molecule has 2 aromatic rings. The Kier molecular flexibility index (Phi) is 6.03. The average molecular weight is 442 g/mol. The molecule has 0 bridgehead atoms. The lowest BCUT2D eigenvalue weighted by Crippen LogP contribution is -2.31. The van der Waals surface area contributed by atoms with Crippen LogP contribution in [-0.2, 0) is 4.74 Å². The Bertz CT molecular complexity index is 1080. The van der Waals surface area contributed by atoms with Crippen molar-refractivity contribution in [1.29, 1.82) is 0 Å². The number of hydrogen-bond acceptors (Lipinski definition) is 5. The van der Waals surface area contributed by atoms with Crippen molar-refractivity contribution in [1.82, 2.24) is 4.57 Å². The van der Waals surface area contributed by atoms with Crippen molar-refractivity contribution < 1.29 is 24.1 Å². The number of carbonyl (C=O) groups is 1. The Morgan fingerprint density at radius 1 is 1.22 bits per heavy atom. The first-order valence-corrected chi connectivity index (χ1v) is 11.1. The number of benzene rings is 1. The van der Waals surface area contributed by atoms with E-state index < -0.39 is 11.4 Å². The summed E-state index contributed by atoms with van der Waals surface area (Å²) in [5, 5.41) is 9.53. The van der Waals surface area contributed by atoms with Crippen LogP contribution in [0.1, 0.15) is 67.9 Å². The van der Waals surface area contributed by atoms with Gasteiger partial charge >= 0.3 is 5.97 Å². The molecule has 1 saturated carbocycles. The molecule has 1 aliphatic heterocycles. The van der Waals surface area contributed by atoms with E-state index in [0.717, 1.165) is 36.1 Å². The quantitative estimate of drug-likeness (QED) is 0.637. The summed E-state index contributed by atoms with van der Waals surface area (Å²) in [6.07, 6.45) is 4.47. The number of aromatic nitrogens is 1. The maximum Gasteiger partial charge on any atom is 0.341 e. The number of methoxy groups -OCH3 is 1. The van der Waals surface area contributed by atoms with E-state index in [9.17, 15) is 14.7 Å². The van der Waals surface area contributed by atoms with E-state index in [1.807, 2.05) is 10.6 Å². The molecular formula is C25H31NO6. The van der Waals surface area contributed by atoms with Crippen LogP contribution in [0.25, 0.3) is 11.3 Å². The molecule has 1 aromatic carbocycles. The Morgan fingerprint density at radius 2 is 1.97 bits per heavy atom. The smallest absolute Gasteiger partial charge is 0.341 e. The number of nitrogens with zero attached hydrogens (tertiary/aromatic N) is 1. The zero-order valence-corrected chi connectivity index (χ0v) is 19.1. The van der Waals surface area contributed by atoms with Gasteiger partial charge in [0.1, 0.15) is 23.7 Å². The fraction of sp³-hybridized carbons (Fsp3) is 0.520. The molecule has 0 spiro atoms. The molecule has 0 amide bonds. The van der Waals surface area contributed by atoms with Crippen LogP contribution in [0, 0.1) is 5.41 Å². The van der Waals surface area contributed by atoms with Crippen LogP contribution < -0.4 is 14.9 Å². The molecule has 0 saturated heterocycles. The van der Waals surface area contributed by atoms with Crippen molar-refractivity contribution in [2.45, 2.75) is 52.0 Å². The van der Waals surface area contributed by atoms with Crippen molar-refractivity contribution in [3.05, 3.63) is 45.7 Å². The van der Waals surface area contributed by atoms with E-state index in [0.29, 0.717) is 37.2 Å². The number of fused-ring (bicyclic) bond motifs is 3. The highest BCUT2D eigenvalue weighted by atomic mass is 16.5. The number of aromatic carboxylic acids is 1. The molecule has 7 heteroatoms. The van der Waals surface area contributed by atoms with Gasteiger partial charge in [-0.15, -0.1) is 0 Å². The number of carboxylic acid groups (broad SMARTS) is 1. The lowest BCUT2D eigenvalue weighted by atomic mass is 9.86. The normalized spacial score (nSPS) is 17.7. The fourth-order valence-corrected chi connectivity index (χ4v) is 4.22. The third-order valence-electron chi connectivity index (χ3n) is 6.20. The average Bonchev–Trinajstić information content (AvgIpc) is 3.56. The molecule has 0 radical (unpaired) electrons. The first-order valence-electron chi connectivity index (χ1n) is 11.1. The topological polar surface area (TPSA) is 87.0 Å².